The lowest BCUT2D eigenvalue weighted by Gasteiger charge is -2.33. The van der Waals surface area contributed by atoms with E-state index in [2.05, 4.69) is 40.5 Å². The van der Waals surface area contributed by atoms with Crippen molar-refractivity contribution in [3.63, 3.8) is 0 Å². The number of piperidine rings is 1. The molecule has 0 radical (unpaired) electrons. The maximum atomic E-state index is 8.92. The van der Waals surface area contributed by atoms with Gasteiger partial charge < -0.3 is 34.3 Å². The molecule has 0 aliphatic carbocycles. The van der Waals surface area contributed by atoms with E-state index < -0.39 is 0 Å². The van der Waals surface area contributed by atoms with Crippen LogP contribution in [0.25, 0.3) is 0 Å². The Morgan fingerprint density at radius 1 is 1.12 bits per heavy atom. The van der Waals surface area contributed by atoms with Crippen LogP contribution in [0.3, 0.4) is 0 Å². The lowest BCUT2D eigenvalue weighted by molar-refractivity contribution is 0.0106. The number of hydrogen-bond acceptors (Lipinski definition) is 7. The Bertz CT molecular complexity index is 876. The van der Waals surface area contributed by atoms with Gasteiger partial charge in [-0.1, -0.05) is 18.2 Å². The Morgan fingerprint density at radius 3 is 2.82 bits per heavy atom. The number of ether oxygens (including phenoxy) is 4. The SMILES string of the molecule is COCCCN1CCOc2ccc(COC3CNCCC3c3ccc(OCCCO)cc3)cc21. The number of fused-ring (bicyclic) bond motifs is 1. The number of hydrogen-bond donors (Lipinski definition) is 2. The quantitative estimate of drug-likeness (QED) is 0.461. The third-order valence-corrected chi connectivity index (χ3v) is 6.53. The third-order valence-electron chi connectivity index (χ3n) is 6.53. The summed E-state index contributed by atoms with van der Waals surface area (Å²) in [5.74, 6) is 2.14. The summed E-state index contributed by atoms with van der Waals surface area (Å²) in [5, 5.41) is 12.4. The molecule has 2 atom stereocenters. The summed E-state index contributed by atoms with van der Waals surface area (Å²) < 4.78 is 23.3. The van der Waals surface area contributed by atoms with Gasteiger partial charge in [0, 0.05) is 45.8 Å². The molecule has 4 rings (SSSR count). The second-order valence-electron chi connectivity index (χ2n) is 8.93. The van der Waals surface area contributed by atoms with E-state index in [0.29, 0.717) is 25.6 Å². The van der Waals surface area contributed by atoms with E-state index in [9.17, 15) is 0 Å². The van der Waals surface area contributed by atoms with Gasteiger partial charge in [0.1, 0.15) is 18.1 Å². The molecular weight excluding hydrogens is 432 g/mol. The zero-order valence-electron chi connectivity index (χ0n) is 20.2. The molecule has 1 fully saturated rings. The van der Waals surface area contributed by atoms with Crippen molar-refractivity contribution in [3.05, 3.63) is 53.6 Å². The van der Waals surface area contributed by atoms with Crippen LogP contribution >= 0.6 is 0 Å². The zero-order valence-corrected chi connectivity index (χ0v) is 20.2. The number of aliphatic hydroxyl groups is 1. The Kier molecular flexibility index (Phi) is 9.44. The van der Waals surface area contributed by atoms with Crippen LogP contribution < -0.4 is 19.7 Å². The fourth-order valence-electron chi connectivity index (χ4n) is 4.70. The summed E-state index contributed by atoms with van der Waals surface area (Å²) in [5.41, 5.74) is 3.60. The van der Waals surface area contributed by atoms with Crippen molar-refractivity contribution >= 4 is 5.69 Å². The number of anilines is 1. The number of methoxy groups -OCH3 is 1. The smallest absolute Gasteiger partial charge is 0.142 e. The molecule has 186 valence electrons. The summed E-state index contributed by atoms with van der Waals surface area (Å²) in [6.07, 6.45) is 2.80. The molecule has 0 amide bonds. The maximum Gasteiger partial charge on any atom is 0.142 e. The summed E-state index contributed by atoms with van der Waals surface area (Å²) in [6, 6.07) is 14.7. The highest BCUT2D eigenvalue weighted by atomic mass is 16.5. The number of rotatable bonds is 12. The van der Waals surface area contributed by atoms with Crippen LogP contribution in [-0.4, -0.2) is 70.9 Å². The van der Waals surface area contributed by atoms with Crippen LogP contribution in [-0.2, 0) is 16.1 Å². The topological polar surface area (TPSA) is 72.4 Å². The van der Waals surface area contributed by atoms with Gasteiger partial charge in [-0.15, -0.1) is 0 Å². The van der Waals surface area contributed by atoms with Crippen molar-refractivity contribution in [1.29, 1.82) is 0 Å². The molecule has 2 N–H and O–H groups in total. The Hall–Kier alpha value is -2.32. The summed E-state index contributed by atoms with van der Waals surface area (Å²) in [7, 11) is 1.75. The van der Waals surface area contributed by atoms with Gasteiger partial charge in [-0.3, -0.25) is 0 Å². The normalized spacial score (nSPS) is 20.0. The fourth-order valence-corrected chi connectivity index (χ4v) is 4.70. The van der Waals surface area contributed by atoms with Crippen molar-refractivity contribution in [2.75, 3.05) is 64.6 Å². The van der Waals surface area contributed by atoms with E-state index in [1.54, 1.807) is 7.11 Å². The number of nitrogens with zero attached hydrogens (tertiary/aromatic N) is 1. The molecule has 0 aromatic heterocycles. The molecule has 2 aliphatic heterocycles. The van der Waals surface area contributed by atoms with Crippen LogP contribution in [0.5, 0.6) is 11.5 Å². The maximum absolute atomic E-state index is 8.92. The molecule has 0 saturated carbocycles. The molecule has 0 bridgehead atoms. The van der Waals surface area contributed by atoms with Gasteiger partial charge in [-0.25, -0.2) is 0 Å². The van der Waals surface area contributed by atoms with Crippen molar-refractivity contribution in [3.8, 4) is 11.5 Å². The average molecular weight is 471 g/mol. The van der Waals surface area contributed by atoms with Gasteiger partial charge in [0.15, 0.2) is 0 Å². The van der Waals surface area contributed by atoms with E-state index in [1.807, 2.05) is 12.1 Å². The first kappa shape index (κ1) is 24.8. The number of nitrogens with one attached hydrogen (secondary N) is 1. The largest absolute Gasteiger partial charge is 0.494 e. The molecule has 2 aromatic carbocycles. The van der Waals surface area contributed by atoms with Gasteiger partial charge in [0.2, 0.25) is 0 Å². The molecule has 0 spiro atoms. The van der Waals surface area contributed by atoms with E-state index in [4.69, 9.17) is 24.1 Å². The summed E-state index contributed by atoms with van der Waals surface area (Å²) >= 11 is 0. The molecule has 1 saturated heterocycles. The van der Waals surface area contributed by atoms with E-state index in [1.165, 1.54) is 5.56 Å². The fraction of sp³-hybridized carbons (Fsp3) is 0.556. The second kappa shape index (κ2) is 13.0. The van der Waals surface area contributed by atoms with E-state index in [-0.39, 0.29) is 12.7 Å². The molecule has 2 aromatic rings. The van der Waals surface area contributed by atoms with Crippen LogP contribution in [0.2, 0.25) is 0 Å². The standard InChI is InChI=1S/C27H38N2O5/c1-31-15-2-12-29-13-17-33-26-9-4-21(18-25(26)29)20-34-27-19-28-11-10-24(27)22-5-7-23(8-6-22)32-16-3-14-30/h4-9,18,24,27-28,30H,2-3,10-17,19-20H2,1H3. The van der Waals surface area contributed by atoms with Gasteiger partial charge >= 0.3 is 0 Å². The van der Waals surface area contributed by atoms with Crippen molar-refractivity contribution in [1.82, 2.24) is 5.32 Å². The monoisotopic (exact) mass is 470 g/mol. The first-order valence-electron chi connectivity index (χ1n) is 12.4. The minimum Gasteiger partial charge on any atom is -0.494 e. The molecule has 2 heterocycles. The lowest BCUT2D eigenvalue weighted by Crippen LogP contribution is -2.41. The van der Waals surface area contributed by atoms with Gasteiger partial charge in [0.25, 0.3) is 0 Å². The molecule has 34 heavy (non-hydrogen) atoms. The Balaban J connectivity index is 1.37. The highest BCUT2D eigenvalue weighted by Crippen LogP contribution is 2.34. The number of benzene rings is 2. The molecule has 7 heteroatoms. The van der Waals surface area contributed by atoms with Crippen LogP contribution in [0.1, 0.15) is 36.3 Å². The van der Waals surface area contributed by atoms with E-state index >= 15 is 0 Å². The average Bonchev–Trinajstić information content (AvgIpc) is 2.88. The first-order chi connectivity index (χ1) is 16.8. The predicted molar refractivity (Wildman–Crippen MR) is 133 cm³/mol. The summed E-state index contributed by atoms with van der Waals surface area (Å²) in [4.78, 5) is 2.39. The Labute approximate surface area is 203 Å². The Morgan fingerprint density at radius 2 is 2.00 bits per heavy atom. The highest BCUT2D eigenvalue weighted by molar-refractivity contribution is 5.61. The van der Waals surface area contributed by atoms with Crippen molar-refractivity contribution in [2.24, 2.45) is 0 Å². The molecule has 7 nitrogen and oxygen atoms in total. The van der Waals surface area contributed by atoms with Crippen molar-refractivity contribution < 1.29 is 24.1 Å². The van der Waals surface area contributed by atoms with Gasteiger partial charge in [-0.2, -0.15) is 0 Å². The van der Waals surface area contributed by atoms with Gasteiger partial charge in [-0.05, 0) is 54.8 Å². The second-order valence-corrected chi connectivity index (χ2v) is 8.93. The summed E-state index contributed by atoms with van der Waals surface area (Å²) in [6.45, 7) is 6.43. The molecule has 2 unspecified atom stereocenters. The number of aliphatic hydroxyl groups excluding tert-OH is 1. The van der Waals surface area contributed by atoms with E-state index in [0.717, 1.165) is 75.0 Å². The van der Waals surface area contributed by atoms with Gasteiger partial charge in [0.05, 0.1) is 31.5 Å². The van der Waals surface area contributed by atoms with Crippen LogP contribution in [0.15, 0.2) is 42.5 Å². The van der Waals surface area contributed by atoms with Crippen molar-refractivity contribution in [2.45, 2.75) is 37.9 Å². The molecular formula is C27H38N2O5. The zero-order chi connectivity index (χ0) is 23.6. The van der Waals surface area contributed by atoms with Crippen LogP contribution in [0, 0.1) is 0 Å². The van der Waals surface area contributed by atoms with Crippen LogP contribution in [0.4, 0.5) is 5.69 Å². The third kappa shape index (κ3) is 6.63. The highest BCUT2D eigenvalue weighted by Gasteiger charge is 2.27. The minimum atomic E-state index is 0.111. The molecule has 2 aliphatic rings. The lowest BCUT2D eigenvalue weighted by atomic mass is 9.87. The predicted octanol–water partition coefficient (Wildman–Crippen LogP) is 3.35. The minimum absolute atomic E-state index is 0.111. The first-order valence-corrected chi connectivity index (χ1v) is 12.4.